The molecular formula is C16H14ClN5O2. The highest BCUT2D eigenvalue weighted by Gasteiger charge is 2.21. The van der Waals surface area contributed by atoms with Gasteiger partial charge in [0.2, 0.25) is 0 Å². The lowest BCUT2D eigenvalue weighted by molar-refractivity contribution is -0.385. The zero-order valence-corrected chi connectivity index (χ0v) is 13.5. The molecule has 1 aromatic carbocycles. The van der Waals surface area contributed by atoms with Crippen LogP contribution in [0.2, 0.25) is 5.02 Å². The van der Waals surface area contributed by atoms with Crippen LogP contribution >= 0.6 is 11.6 Å². The average Bonchev–Trinajstić information content (AvgIpc) is 2.62. The van der Waals surface area contributed by atoms with Gasteiger partial charge in [0.05, 0.1) is 16.2 Å². The molecule has 1 fully saturated rings. The maximum atomic E-state index is 10.7. The van der Waals surface area contributed by atoms with Crippen molar-refractivity contribution in [3.8, 4) is 6.07 Å². The molecule has 2 heterocycles. The van der Waals surface area contributed by atoms with Gasteiger partial charge in [-0.25, -0.2) is 4.98 Å². The molecule has 1 aliphatic heterocycles. The highest BCUT2D eigenvalue weighted by Crippen LogP contribution is 2.26. The van der Waals surface area contributed by atoms with Gasteiger partial charge >= 0.3 is 0 Å². The Hall–Kier alpha value is -2.85. The number of halogens is 1. The van der Waals surface area contributed by atoms with Gasteiger partial charge in [-0.05, 0) is 24.3 Å². The Bertz CT molecular complexity index is 795. The number of anilines is 2. The molecule has 8 heteroatoms. The molecule has 122 valence electrons. The summed E-state index contributed by atoms with van der Waals surface area (Å²) in [5, 5.41) is 20.5. The zero-order chi connectivity index (χ0) is 17.1. The van der Waals surface area contributed by atoms with Crippen molar-refractivity contribution < 1.29 is 4.92 Å². The van der Waals surface area contributed by atoms with E-state index in [2.05, 4.69) is 20.9 Å². The number of rotatable bonds is 3. The van der Waals surface area contributed by atoms with Crippen molar-refractivity contribution in [3.63, 3.8) is 0 Å². The lowest BCUT2D eigenvalue weighted by atomic mass is 10.1. The minimum Gasteiger partial charge on any atom is -0.367 e. The van der Waals surface area contributed by atoms with Crippen LogP contribution in [0.5, 0.6) is 0 Å². The quantitative estimate of drug-likeness (QED) is 0.629. The van der Waals surface area contributed by atoms with Gasteiger partial charge in [0, 0.05) is 37.3 Å². The lowest BCUT2D eigenvalue weighted by Crippen LogP contribution is -2.47. The Morgan fingerprint density at radius 1 is 1.17 bits per heavy atom. The van der Waals surface area contributed by atoms with E-state index in [9.17, 15) is 15.4 Å². The summed E-state index contributed by atoms with van der Waals surface area (Å²) in [6.45, 7) is 2.90. The first-order chi connectivity index (χ1) is 11.6. The number of nitriles is 1. The number of pyridine rings is 1. The molecule has 0 radical (unpaired) electrons. The topological polar surface area (TPSA) is 86.3 Å². The molecule has 1 saturated heterocycles. The molecule has 1 aromatic heterocycles. The van der Waals surface area contributed by atoms with Crippen LogP contribution in [0.15, 0.2) is 36.5 Å². The molecule has 0 spiro atoms. The van der Waals surface area contributed by atoms with E-state index < -0.39 is 4.92 Å². The maximum Gasteiger partial charge on any atom is 0.287 e. The number of hydrogen-bond donors (Lipinski definition) is 0. The van der Waals surface area contributed by atoms with Crippen molar-refractivity contribution in [1.82, 2.24) is 4.98 Å². The van der Waals surface area contributed by atoms with Crippen LogP contribution in [0.4, 0.5) is 17.2 Å². The van der Waals surface area contributed by atoms with Crippen LogP contribution < -0.4 is 9.80 Å². The molecule has 0 aliphatic carbocycles. The Kier molecular flexibility index (Phi) is 4.49. The molecule has 24 heavy (non-hydrogen) atoms. The highest BCUT2D eigenvalue weighted by atomic mass is 35.5. The molecule has 0 N–H and O–H groups in total. The van der Waals surface area contributed by atoms with Crippen LogP contribution in [0.3, 0.4) is 0 Å². The van der Waals surface area contributed by atoms with Gasteiger partial charge in [-0.2, -0.15) is 5.26 Å². The van der Waals surface area contributed by atoms with Gasteiger partial charge in [0.25, 0.3) is 5.69 Å². The van der Waals surface area contributed by atoms with Crippen molar-refractivity contribution in [3.05, 3.63) is 57.2 Å². The number of aromatic nitrogens is 1. The van der Waals surface area contributed by atoms with Crippen LogP contribution in [0.25, 0.3) is 0 Å². The molecule has 0 saturated carbocycles. The summed E-state index contributed by atoms with van der Waals surface area (Å²) in [6, 6.07) is 10.6. The molecule has 0 atom stereocenters. The van der Waals surface area contributed by atoms with Crippen molar-refractivity contribution >= 4 is 28.8 Å². The number of nitrogens with zero attached hydrogens (tertiary/aromatic N) is 5. The van der Waals surface area contributed by atoms with E-state index in [0.29, 0.717) is 10.6 Å². The van der Waals surface area contributed by atoms with Crippen LogP contribution in [0.1, 0.15) is 5.56 Å². The smallest absolute Gasteiger partial charge is 0.287 e. The number of nitro groups is 1. The number of benzene rings is 1. The molecule has 1 aliphatic rings. The second-order valence-corrected chi connectivity index (χ2v) is 5.82. The Morgan fingerprint density at radius 3 is 2.46 bits per heavy atom. The summed E-state index contributed by atoms with van der Waals surface area (Å²) >= 11 is 5.94. The minimum atomic E-state index is -0.460. The van der Waals surface area contributed by atoms with E-state index in [-0.39, 0.29) is 5.69 Å². The molecule has 0 unspecified atom stereocenters. The summed E-state index contributed by atoms with van der Waals surface area (Å²) in [5.74, 6) is 0.719. The molecule has 0 bridgehead atoms. The third-order valence-electron chi connectivity index (χ3n) is 3.97. The second kappa shape index (κ2) is 6.72. The van der Waals surface area contributed by atoms with E-state index >= 15 is 0 Å². The fourth-order valence-corrected chi connectivity index (χ4v) is 2.90. The van der Waals surface area contributed by atoms with Gasteiger partial charge in [0.1, 0.15) is 18.1 Å². The van der Waals surface area contributed by atoms with Crippen LogP contribution in [-0.2, 0) is 0 Å². The summed E-state index contributed by atoms with van der Waals surface area (Å²) in [5.41, 5.74) is 1.42. The fourth-order valence-electron chi connectivity index (χ4n) is 2.72. The maximum absolute atomic E-state index is 10.7. The van der Waals surface area contributed by atoms with Gasteiger partial charge in [-0.3, -0.25) is 10.1 Å². The Balaban J connectivity index is 1.70. The van der Waals surface area contributed by atoms with E-state index in [1.807, 2.05) is 6.07 Å². The van der Waals surface area contributed by atoms with Crippen LogP contribution in [0, 0.1) is 21.4 Å². The summed E-state index contributed by atoms with van der Waals surface area (Å²) < 4.78 is 0. The zero-order valence-electron chi connectivity index (χ0n) is 12.7. The first kappa shape index (κ1) is 16.0. The van der Waals surface area contributed by atoms with Crippen molar-refractivity contribution in [2.45, 2.75) is 0 Å². The average molecular weight is 344 g/mol. The molecule has 7 nitrogen and oxygen atoms in total. The monoisotopic (exact) mass is 343 g/mol. The van der Waals surface area contributed by atoms with E-state index in [4.69, 9.17) is 11.6 Å². The molecule has 2 aromatic rings. The van der Waals surface area contributed by atoms with Gasteiger partial charge in [-0.1, -0.05) is 11.6 Å². The predicted octanol–water partition coefficient (Wildman–Crippen LogP) is 2.84. The summed E-state index contributed by atoms with van der Waals surface area (Å²) in [7, 11) is 0. The second-order valence-electron chi connectivity index (χ2n) is 5.38. The third kappa shape index (κ3) is 3.24. The third-order valence-corrected chi connectivity index (χ3v) is 4.20. The Morgan fingerprint density at radius 2 is 1.88 bits per heavy atom. The standard InChI is InChI=1S/C16H14ClN5O2/c17-13-1-3-15(12(9-13)10-18)20-5-7-21(8-6-20)16-4-2-14(11-19-16)22(23)24/h1-4,9,11H,5-8H2. The van der Waals surface area contributed by atoms with Gasteiger partial charge < -0.3 is 9.80 Å². The van der Waals surface area contributed by atoms with Crippen molar-refractivity contribution in [1.29, 1.82) is 5.26 Å². The SMILES string of the molecule is N#Cc1cc(Cl)ccc1N1CCN(c2ccc([N+](=O)[O-])cn2)CC1. The number of piperazine rings is 1. The number of hydrogen-bond acceptors (Lipinski definition) is 6. The highest BCUT2D eigenvalue weighted by molar-refractivity contribution is 6.30. The van der Waals surface area contributed by atoms with Crippen LogP contribution in [-0.4, -0.2) is 36.1 Å². The first-order valence-corrected chi connectivity index (χ1v) is 7.76. The summed E-state index contributed by atoms with van der Waals surface area (Å²) in [6.07, 6.45) is 1.27. The van der Waals surface area contributed by atoms with E-state index in [0.717, 1.165) is 37.7 Å². The van der Waals surface area contributed by atoms with E-state index in [1.165, 1.54) is 12.3 Å². The molecule has 3 rings (SSSR count). The van der Waals surface area contributed by atoms with E-state index in [1.54, 1.807) is 18.2 Å². The van der Waals surface area contributed by atoms with Gasteiger partial charge in [-0.15, -0.1) is 0 Å². The predicted molar refractivity (Wildman–Crippen MR) is 91.5 cm³/mol. The van der Waals surface area contributed by atoms with Crippen molar-refractivity contribution in [2.24, 2.45) is 0 Å². The first-order valence-electron chi connectivity index (χ1n) is 7.38. The largest absolute Gasteiger partial charge is 0.367 e. The van der Waals surface area contributed by atoms with Crippen molar-refractivity contribution in [2.75, 3.05) is 36.0 Å². The molecule has 0 amide bonds. The normalized spacial score (nSPS) is 14.3. The summed E-state index contributed by atoms with van der Waals surface area (Å²) in [4.78, 5) is 18.6. The van der Waals surface area contributed by atoms with Gasteiger partial charge in [0.15, 0.2) is 0 Å². The molecular weight excluding hydrogens is 330 g/mol. The lowest BCUT2D eigenvalue weighted by Gasteiger charge is -2.37. The minimum absolute atomic E-state index is 0.0165. The fraction of sp³-hybridized carbons (Fsp3) is 0.250. The Labute approximate surface area is 143 Å².